The molecule has 0 aliphatic carbocycles. The second-order valence-corrected chi connectivity index (χ2v) is 5.66. The molecule has 23 heavy (non-hydrogen) atoms. The first-order valence-electron chi connectivity index (χ1n) is 7.54. The Morgan fingerprint density at radius 3 is 2.83 bits per heavy atom. The fourth-order valence-corrected chi connectivity index (χ4v) is 2.40. The molecular formula is C16H19N5O2. The van der Waals surface area contributed by atoms with Crippen LogP contribution >= 0.6 is 0 Å². The number of H-pyrrole nitrogens is 1. The van der Waals surface area contributed by atoms with Crippen molar-refractivity contribution in [2.75, 3.05) is 0 Å². The van der Waals surface area contributed by atoms with Crippen molar-refractivity contribution in [1.82, 2.24) is 25.6 Å². The summed E-state index contributed by atoms with van der Waals surface area (Å²) >= 11 is 0. The second-order valence-electron chi connectivity index (χ2n) is 5.66. The third kappa shape index (κ3) is 3.23. The highest BCUT2D eigenvalue weighted by Crippen LogP contribution is 2.19. The van der Waals surface area contributed by atoms with E-state index in [0.717, 1.165) is 16.9 Å². The first-order valence-corrected chi connectivity index (χ1v) is 7.54. The summed E-state index contributed by atoms with van der Waals surface area (Å²) in [6.07, 6.45) is 0.928. The number of carbonyl (C=O) groups is 1. The van der Waals surface area contributed by atoms with Crippen LogP contribution in [-0.2, 0) is 17.8 Å². The fraction of sp³-hybridized carbons (Fsp3) is 0.375. The summed E-state index contributed by atoms with van der Waals surface area (Å²) in [5.74, 6) is 0.767. The van der Waals surface area contributed by atoms with Crippen LogP contribution in [0, 0.1) is 20.8 Å². The van der Waals surface area contributed by atoms with Crippen LogP contribution in [0.1, 0.15) is 34.8 Å². The lowest BCUT2D eigenvalue weighted by Crippen LogP contribution is -2.23. The number of imidazole rings is 1. The monoisotopic (exact) mass is 313 g/mol. The van der Waals surface area contributed by atoms with Gasteiger partial charge in [0.25, 0.3) is 0 Å². The van der Waals surface area contributed by atoms with Gasteiger partial charge in [-0.3, -0.25) is 4.79 Å². The van der Waals surface area contributed by atoms with E-state index in [1.165, 1.54) is 11.1 Å². The van der Waals surface area contributed by atoms with Crippen LogP contribution in [0.3, 0.4) is 0 Å². The Labute approximate surface area is 133 Å². The normalized spacial score (nSPS) is 11.1. The van der Waals surface area contributed by atoms with Gasteiger partial charge in [-0.25, -0.2) is 9.61 Å². The van der Waals surface area contributed by atoms with Gasteiger partial charge in [-0.1, -0.05) is 16.4 Å². The molecule has 0 fully saturated rings. The molecule has 7 heteroatoms. The smallest absolute Gasteiger partial charge is 0.220 e. The molecule has 0 saturated carbocycles. The topological polar surface area (TPSA) is 96.7 Å². The van der Waals surface area contributed by atoms with E-state index in [0.29, 0.717) is 30.8 Å². The zero-order valence-electron chi connectivity index (χ0n) is 13.4. The van der Waals surface area contributed by atoms with Crippen molar-refractivity contribution in [3.8, 4) is 0 Å². The zero-order valence-corrected chi connectivity index (χ0v) is 13.4. The van der Waals surface area contributed by atoms with Crippen molar-refractivity contribution in [2.24, 2.45) is 0 Å². The fourth-order valence-electron chi connectivity index (χ4n) is 2.40. The van der Waals surface area contributed by atoms with Crippen LogP contribution in [-0.4, -0.2) is 26.2 Å². The number of rotatable bonds is 5. The van der Waals surface area contributed by atoms with Gasteiger partial charge in [-0.05, 0) is 38.0 Å². The summed E-state index contributed by atoms with van der Waals surface area (Å²) in [4.78, 5) is 19.8. The van der Waals surface area contributed by atoms with E-state index in [2.05, 4.69) is 50.1 Å². The molecule has 1 aromatic carbocycles. The number of hydrogen-bond acceptors (Lipinski definition) is 5. The van der Waals surface area contributed by atoms with Crippen LogP contribution < -0.4 is 5.32 Å². The predicted octanol–water partition coefficient (Wildman–Crippen LogP) is 2.12. The van der Waals surface area contributed by atoms with E-state index >= 15 is 0 Å². The SMILES string of the molecule is Cc1ccc2[nH]c(CCC(=O)NCc3nonc3C)nc2c1C. The van der Waals surface area contributed by atoms with E-state index in [4.69, 9.17) is 0 Å². The van der Waals surface area contributed by atoms with Crippen LogP contribution in [0.5, 0.6) is 0 Å². The van der Waals surface area contributed by atoms with Gasteiger partial charge in [-0.2, -0.15) is 0 Å². The highest BCUT2D eigenvalue weighted by molar-refractivity contribution is 5.80. The van der Waals surface area contributed by atoms with Gasteiger partial charge in [-0.15, -0.1) is 0 Å². The first kappa shape index (κ1) is 15.2. The number of amides is 1. The highest BCUT2D eigenvalue weighted by Gasteiger charge is 2.10. The Balaban J connectivity index is 1.59. The van der Waals surface area contributed by atoms with Crippen LogP contribution in [0.2, 0.25) is 0 Å². The number of benzene rings is 1. The van der Waals surface area contributed by atoms with E-state index in [1.807, 2.05) is 6.07 Å². The average molecular weight is 313 g/mol. The molecule has 0 bridgehead atoms. The number of aromatic nitrogens is 4. The summed E-state index contributed by atoms with van der Waals surface area (Å²) in [7, 11) is 0. The number of carbonyl (C=O) groups excluding carboxylic acids is 1. The number of aryl methyl sites for hydroxylation is 4. The average Bonchev–Trinajstić information content (AvgIpc) is 3.13. The van der Waals surface area contributed by atoms with Gasteiger partial charge in [0.2, 0.25) is 5.91 Å². The van der Waals surface area contributed by atoms with E-state index in [9.17, 15) is 4.79 Å². The molecule has 0 unspecified atom stereocenters. The second kappa shape index (κ2) is 6.20. The van der Waals surface area contributed by atoms with Crippen molar-refractivity contribution >= 4 is 16.9 Å². The largest absolute Gasteiger partial charge is 0.350 e. The summed E-state index contributed by atoms with van der Waals surface area (Å²) in [6, 6.07) is 4.09. The summed E-state index contributed by atoms with van der Waals surface area (Å²) in [5, 5.41) is 10.2. The van der Waals surface area contributed by atoms with Gasteiger partial charge in [0.15, 0.2) is 0 Å². The van der Waals surface area contributed by atoms with Crippen molar-refractivity contribution < 1.29 is 9.42 Å². The van der Waals surface area contributed by atoms with E-state index in [-0.39, 0.29) is 5.91 Å². The molecule has 3 rings (SSSR count). The molecule has 2 aromatic heterocycles. The Morgan fingerprint density at radius 2 is 2.09 bits per heavy atom. The molecule has 0 saturated heterocycles. The first-order chi connectivity index (χ1) is 11.0. The summed E-state index contributed by atoms with van der Waals surface area (Å²) in [5.41, 5.74) is 5.70. The lowest BCUT2D eigenvalue weighted by atomic mass is 10.1. The molecule has 3 aromatic rings. The van der Waals surface area contributed by atoms with Crippen molar-refractivity contribution in [2.45, 2.75) is 40.2 Å². The molecule has 2 heterocycles. The maximum atomic E-state index is 11.9. The Kier molecular flexibility index (Phi) is 4.10. The predicted molar refractivity (Wildman–Crippen MR) is 84.8 cm³/mol. The Morgan fingerprint density at radius 1 is 1.26 bits per heavy atom. The quantitative estimate of drug-likeness (QED) is 0.752. The van der Waals surface area contributed by atoms with Crippen LogP contribution in [0.25, 0.3) is 11.0 Å². The third-order valence-corrected chi connectivity index (χ3v) is 4.02. The lowest BCUT2D eigenvalue weighted by molar-refractivity contribution is -0.121. The molecule has 7 nitrogen and oxygen atoms in total. The lowest BCUT2D eigenvalue weighted by Gasteiger charge is -2.01. The molecule has 0 radical (unpaired) electrons. The van der Waals surface area contributed by atoms with Crippen molar-refractivity contribution in [3.05, 3.63) is 40.5 Å². The number of nitrogens with one attached hydrogen (secondary N) is 2. The maximum Gasteiger partial charge on any atom is 0.220 e. The number of hydrogen-bond donors (Lipinski definition) is 2. The zero-order chi connectivity index (χ0) is 16.4. The molecule has 120 valence electrons. The minimum absolute atomic E-state index is 0.0549. The van der Waals surface area contributed by atoms with Crippen molar-refractivity contribution in [1.29, 1.82) is 0 Å². The van der Waals surface area contributed by atoms with Gasteiger partial charge in [0.05, 0.1) is 17.6 Å². The van der Waals surface area contributed by atoms with E-state index in [1.54, 1.807) is 6.92 Å². The number of aromatic amines is 1. The summed E-state index contributed by atoms with van der Waals surface area (Å²) < 4.78 is 4.60. The molecule has 0 aliphatic rings. The van der Waals surface area contributed by atoms with Gasteiger partial charge in [0, 0.05) is 12.8 Å². The molecular weight excluding hydrogens is 294 g/mol. The highest BCUT2D eigenvalue weighted by atomic mass is 16.6. The standard InChI is InChI=1S/C16H19N5O2/c1-9-4-5-12-16(10(9)2)19-14(18-12)6-7-15(22)17-8-13-11(3)20-23-21-13/h4-5H,6-8H2,1-3H3,(H,17,22)(H,18,19). The minimum atomic E-state index is -0.0549. The molecule has 0 atom stereocenters. The third-order valence-electron chi connectivity index (χ3n) is 4.02. The number of fused-ring (bicyclic) bond motifs is 1. The Hall–Kier alpha value is -2.70. The van der Waals surface area contributed by atoms with Crippen LogP contribution in [0.15, 0.2) is 16.8 Å². The van der Waals surface area contributed by atoms with Gasteiger partial charge < -0.3 is 10.3 Å². The van der Waals surface area contributed by atoms with E-state index < -0.39 is 0 Å². The van der Waals surface area contributed by atoms with Gasteiger partial charge in [0.1, 0.15) is 17.2 Å². The Bertz CT molecular complexity index is 849. The molecule has 0 aliphatic heterocycles. The maximum absolute atomic E-state index is 11.9. The molecule has 0 spiro atoms. The van der Waals surface area contributed by atoms with Crippen molar-refractivity contribution in [3.63, 3.8) is 0 Å². The summed E-state index contributed by atoms with van der Waals surface area (Å²) in [6.45, 7) is 6.24. The minimum Gasteiger partial charge on any atom is -0.350 e. The number of nitrogens with zero attached hydrogens (tertiary/aromatic N) is 3. The molecule has 2 N–H and O–H groups in total. The van der Waals surface area contributed by atoms with Crippen LogP contribution in [0.4, 0.5) is 0 Å². The molecule has 1 amide bonds. The van der Waals surface area contributed by atoms with Gasteiger partial charge >= 0.3 is 0 Å².